The topological polar surface area (TPSA) is 94.8 Å². The molecule has 1 saturated carbocycles. The number of aliphatic imine (C=N–C) groups is 1. The molecule has 1 atom stereocenters. The van der Waals surface area contributed by atoms with Crippen molar-refractivity contribution < 1.29 is 27.5 Å². The Labute approximate surface area is 182 Å². The average Bonchev–Trinajstić information content (AvgIpc) is 3.46. The highest BCUT2D eigenvalue weighted by molar-refractivity contribution is 6.31. The molecule has 2 aliphatic rings. The van der Waals surface area contributed by atoms with Gasteiger partial charge in [-0.1, -0.05) is 23.8 Å². The van der Waals surface area contributed by atoms with Crippen LogP contribution in [0.5, 0.6) is 0 Å². The van der Waals surface area contributed by atoms with Gasteiger partial charge >= 0.3 is 6.18 Å². The first-order valence-electron chi connectivity index (χ1n) is 9.47. The summed E-state index contributed by atoms with van der Waals surface area (Å²) in [5, 5.41) is 12.1. The van der Waals surface area contributed by atoms with Gasteiger partial charge in [0.15, 0.2) is 6.40 Å². The Balaban J connectivity index is 2.01. The number of nitriles is 1. The largest absolute Gasteiger partial charge is 0.483 e. The first-order valence-corrected chi connectivity index (χ1v) is 9.85. The van der Waals surface area contributed by atoms with E-state index in [-0.39, 0.29) is 18.2 Å². The second kappa shape index (κ2) is 10.5. The molecule has 1 fully saturated rings. The third-order valence-corrected chi connectivity index (χ3v) is 4.87. The molecule has 31 heavy (non-hydrogen) atoms. The summed E-state index contributed by atoms with van der Waals surface area (Å²) < 4.78 is 41.4. The molecule has 2 amide bonds. The Morgan fingerprint density at radius 2 is 2.19 bits per heavy atom. The fourth-order valence-electron chi connectivity index (χ4n) is 2.61. The van der Waals surface area contributed by atoms with Crippen molar-refractivity contribution in [2.45, 2.75) is 37.4 Å². The van der Waals surface area contributed by atoms with E-state index in [4.69, 9.17) is 21.6 Å². The van der Waals surface area contributed by atoms with Crippen molar-refractivity contribution in [2.75, 3.05) is 20.2 Å². The van der Waals surface area contributed by atoms with Crippen LogP contribution >= 0.6 is 11.6 Å². The lowest BCUT2D eigenvalue weighted by Crippen LogP contribution is -2.43. The minimum absolute atomic E-state index is 0.247. The maximum Gasteiger partial charge on any atom is 0.392 e. The molecule has 0 heterocycles. The molecule has 11 heteroatoms. The smallest absolute Gasteiger partial charge is 0.392 e. The van der Waals surface area contributed by atoms with Crippen LogP contribution in [-0.2, 0) is 14.3 Å². The van der Waals surface area contributed by atoms with Crippen molar-refractivity contribution in [3.8, 4) is 6.07 Å². The third-order valence-electron chi connectivity index (χ3n) is 4.59. The Kier molecular flexibility index (Phi) is 8.28. The van der Waals surface area contributed by atoms with E-state index in [2.05, 4.69) is 10.3 Å². The van der Waals surface area contributed by atoms with Crippen LogP contribution in [0.2, 0.25) is 0 Å². The second-order valence-electron chi connectivity index (χ2n) is 7.27. The van der Waals surface area contributed by atoms with Crippen LogP contribution in [-0.4, -0.2) is 55.0 Å². The number of ether oxygens (including phenoxy) is 1. The van der Waals surface area contributed by atoms with E-state index >= 15 is 0 Å². The molecule has 7 nitrogen and oxygen atoms in total. The minimum Gasteiger partial charge on any atom is -0.483 e. The molecular formula is C20H22ClF3N4O3. The molecule has 2 rings (SSSR count). The van der Waals surface area contributed by atoms with Crippen molar-refractivity contribution in [1.82, 2.24) is 10.2 Å². The summed E-state index contributed by atoms with van der Waals surface area (Å²) in [5.74, 6) is -1.34. The van der Waals surface area contributed by atoms with Gasteiger partial charge in [0, 0.05) is 24.1 Å². The number of carbonyl (C=O) groups is 2. The number of rotatable bonds is 9. The Hall–Kier alpha value is -2.80. The van der Waals surface area contributed by atoms with Crippen LogP contribution in [0.15, 0.2) is 40.0 Å². The number of allylic oxidation sites excluding steroid dienone is 4. The minimum atomic E-state index is -4.34. The van der Waals surface area contributed by atoms with Gasteiger partial charge in [-0.15, -0.1) is 0 Å². The number of hydrogen-bond acceptors (Lipinski definition) is 5. The number of amides is 2. The summed E-state index contributed by atoms with van der Waals surface area (Å²) >= 11 is 5.90. The zero-order chi connectivity index (χ0) is 23.1. The molecule has 0 spiro atoms. The maximum absolute atomic E-state index is 12.5. The van der Waals surface area contributed by atoms with Crippen molar-refractivity contribution >= 4 is 29.8 Å². The zero-order valence-electron chi connectivity index (χ0n) is 16.8. The van der Waals surface area contributed by atoms with E-state index in [1.54, 1.807) is 18.2 Å². The quantitative estimate of drug-likeness (QED) is 0.248. The van der Waals surface area contributed by atoms with E-state index in [9.17, 15) is 22.8 Å². The zero-order valence-corrected chi connectivity index (χ0v) is 17.5. The monoisotopic (exact) mass is 458 g/mol. The molecule has 0 aromatic rings. The molecule has 0 saturated heterocycles. The molecule has 1 unspecified atom stereocenters. The van der Waals surface area contributed by atoms with Gasteiger partial charge in [-0.05, 0) is 25.3 Å². The summed E-state index contributed by atoms with van der Waals surface area (Å²) in [5.41, 5.74) is -0.588. The number of nitrogens with one attached hydrogen (secondary N) is 1. The molecule has 168 valence electrons. The highest BCUT2D eigenvalue weighted by Gasteiger charge is 2.44. The second-order valence-corrected chi connectivity index (χ2v) is 7.70. The van der Waals surface area contributed by atoms with E-state index < -0.39 is 36.6 Å². The normalized spacial score (nSPS) is 20.1. The third kappa shape index (κ3) is 8.45. The van der Waals surface area contributed by atoms with Gasteiger partial charge in [-0.2, -0.15) is 18.4 Å². The summed E-state index contributed by atoms with van der Waals surface area (Å²) in [6.45, 7) is -0.856. The lowest BCUT2D eigenvalue weighted by atomic mass is 9.97. The van der Waals surface area contributed by atoms with Gasteiger partial charge in [0.25, 0.3) is 0 Å². The van der Waals surface area contributed by atoms with E-state index in [0.29, 0.717) is 24.3 Å². The van der Waals surface area contributed by atoms with Crippen LogP contribution in [0.3, 0.4) is 0 Å². The summed E-state index contributed by atoms with van der Waals surface area (Å²) in [6, 6.07) is 2.03. The first kappa shape index (κ1) is 24.5. The Morgan fingerprint density at radius 1 is 1.48 bits per heavy atom. The molecular weight excluding hydrogens is 437 g/mol. The predicted octanol–water partition coefficient (Wildman–Crippen LogP) is 3.20. The number of hydrogen-bond donors (Lipinski definition) is 1. The maximum atomic E-state index is 12.5. The van der Waals surface area contributed by atoms with E-state index in [1.165, 1.54) is 13.1 Å². The van der Waals surface area contributed by atoms with Gasteiger partial charge in [0.05, 0.1) is 31.3 Å². The van der Waals surface area contributed by atoms with Crippen molar-refractivity contribution in [2.24, 2.45) is 10.9 Å². The first-order chi connectivity index (χ1) is 14.5. The summed E-state index contributed by atoms with van der Waals surface area (Å²) in [4.78, 5) is 29.8. The van der Waals surface area contributed by atoms with Gasteiger partial charge in [0.2, 0.25) is 11.8 Å². The highest BCUT2D eigenvalue weighted by Crippen LogP contribution is 2.34. The van der Waals surface area contributed by atoms with Crippen molar-refractivity contribution in [3.63, 3.8) is 0 Å². The highest BCUT2D eigenvalue weighted by atomic mass is 35.5. The van der Waals surface area contributed by atoms with Crippen LogP contribution in [0, 0.1) is 17.2 Å². The molecule has 0 aromatic carbocycles. The average molecular weight is 459 g/mol. The fourth-order valence-corrected chi connectivity index (χ4v) is 2.77. The Morgan fingerprint density at radius 3 is 2.74 bits per heavy atom. The number of alkyl halides is 3. The fraction of sp³-hybridized carbons (Fsp3) is 0.500. The predicted molar refractivity (Wildman–Crippen MR) is 108 cm³/mol. The van der Waals surface area contributed by atoms with E-state index in [1.807, 2.05) is 6.07 Å². The molecule has 2 aliphatic carbocycles. The number of halogens is 4. The lowest BCUT2D eigenvalue weighted by Gasteiger charge is -2.19. The van der Waals surface area contributed by atoms with Crippen LogP contribution in [0.25, 0.3) is 0 Å². The summed E-state index contributed by atoms with van der Waals surface area (Å²) in [6.07, 6.45) is 3.24. The Bertz CT molecular complexity index is 855. The number of nitrogens with zero attached hydrogens (tertiary/aromatic N) is 3. The van der Waals surface area contributed by atoms with Crippen LogP contribution in [0.1, 0.15) is 25.7 Å². The van der Waals surface area contributed by atoms with Gasteiger partial charge in [0.1, 0.15) is 5.54 Å². The summed E-state index contributed by atoms with van der Waals surface area (Å²) in [7, 11) is 1.42. The molecule has 0 bridgehead atoms. The van der Waals surface area contributed by atoms with Gasteiger partial charge in [-0.25, -0.2) is 4.99 Å². The SMILES string of the molecule is CN(CC(=O)NC1(C#N)CC1)C(=O)/C=C(\N=COCCC(F)(F)F)C1C=CC(Cl)=CC1. The van der Waals surface area contributed by atoms with Crippen molar-refractivity contribution in [1.29, 1.82) is 5.26 Å². The lowest BCUT2D eigenvalue weighted by molar-refractivity contribution is -0.140. The number of carbonyl (C=O) groups excluding carboxylic acids is 2. The molecule has 0 aromatic heterocycles. The van der Waals surface area contributed by atoms with E-state index in [0.717, 1.165) is 11.3 Å². The number of likely N-dealkylation sites (N-methyl/N-ethyl adjacent to an activating group) is 1. The van der Waals surface area contributed by atoms with Crippen LogP contribution in [0.4, 0.5) is 13.2 Å². The molecule has 1 N–H and O–H groups in total. The molecule has 0 aliphatic heterocycles. The van der Waals surface area contributed by atoms with Crippen molar-refractivity contribution in [3.05, 3.63) is 35.0 Å². The van der Waals surface area contributed by atoms with Gasteiger partial charge < -0.3 is 15.0 Å². The standard InChI is InChI=1S/C20H22ClF3N4O3/c1-28(11-17(29)27-19(12-25)6-7-19)18(30)10-16(14-2-4-15(21)5-3-14)26-13-31-9-8-20(22,23)24/h2,4-5,10,13-14H,3,6-9,11H2,1H3,(H,27,29)/b16-10-,26-13?. The van der Waals surface area contributed by atoms with Crippen LogP contribution < -0.4 is 5.32 Å². The van der Waals surface area contributed by atoms with Gasteiger partial charge in [-0.3, -0.25) is 9.59 Å². The molecule has 0 radical (unpaired) electrons.